The maximum absolute atomic E-state index is 13.1. The van der Waals surface area contributed by atoms with Gasteiger partial charge in [0.2, 0.25) is 0 Å². The predicted molar refractivity (Wildman–Crippen MR) is 41.2 cm³/mol. The fourth-order valence-corrected chi connectivity index (χ4v) is 1.38. The molecule has 2 nitrogen and oxygen atoms in total. The van der Waals surface area contributed by atoms with Crippen molar-refractivity contribution in [2.45, 2.75) is 38.4 Å². The third-order valence-corrected chi connectivity index (χ3v) is 2.08. The highest BCUT2D eigenvalue weighted by molar-refractivity contribution is 5.84. The van der Waals surface area contributed by atoms with Gasteiger partial charge in [0.1, 0.15) is 11.5 Å². The van der Waals surface area contributed by atoms with Gasteiger partial charge in [-0.05, 0) is 6.92 Å². The first-order chi connectivity index (χ1) is 5.05. The van der Waals surface area contributed by atoms with Crippen LogP contribution in [0.3, 0.4) is 0 Å². The molecular formula is C8H14FNO. The predicted octanol–water partition coefficient (Wildman–Crippen LogP) is 1.06. The first-order valence-corrected chi connectivity index (χ1v) is 4.00. The highest BCUT2D eigenvalue weighted by atomic mass is 19.1. The second-order valence-electron chi connectivity index (χ2n) is 3.37. The minimum atomic E-state index is -1.19. The summed E-state index contributed by atoms with van der Waals surface area (Å²) >= 11 is 0. The molecule has 0 aromatic rings. The lowest BCUT2D eigenvalue weighted by Crippen LogP contribution is -2.29. The van der Waals surface area contributed by atoms with Crippen LogP contribution in [0, 0.1) is 0 Å². The van der Waals surface area contributed by atoms with Crippen LogP contribution in [0.5, 0.6) is 0 Å². The molecule has 11 heavy (non-hydrogen) atoms. The van der Waals surface area contributed by atoms with Crippen molar-refractivity contribution >= 4 is 5.78 Å². The molecule has 0 saturated carbocycles. The molecule has 0 aromatic carbocycles. The van der Waals surface area contributed by atoms with Crippen LogP contribution in [0.25, 0.3) is 0 Å². The number of ketones is 1. The number of hydrogen-bond acceptors (Lipinski definition) is 2. The Morgan fingerprint density at radius 2 is 2.45 bits per heavy atom. The van der Waals surface area contributed by atoms with Crippen molar-refractivity contribution in [1.82, 2.24) is 5.32 Å². The molecule has 1 saturated heterocycles. The fraction of sp³-hybridized carbons (Fsp3) is 0.875. The van der Waals surface area contributed by atoms with E-state index in [1.165, 1.54) is 6.92 Å². The van der Waals surface area contributed by atoms with Crippen LogP contribution in [-0.4, -0.2) is 24.0 Å². The van der Waals surface area contributed by atoms with Gasteiger partial charge in [0.25, 0.3) is 0 Å². The van der Waals surface area contributed by atoms with E-state index in [2.05, 4.69) is 5.32 Å². The maximum atomic E-state index is 13.1. The SMILES string of the molecule is CCC(=O)C1CC(C)(F)CN1. The summed E-state index contributed by atoms with van der Waals surface area (Å²) in [5, 5.41) is 2.87. The normalized spacial score (nSPS) is 37.5. The molecule has 1 aliphatic heterocycles. The number of hydrogen-bond donors (Lipinski definition) is 1. The standard InChI is InChI=1S/C8H14FNO/c1-3-7(11)6-4-8(2,9)5-10-6/h6,10H,3-5H2,1-2H3. The van der Waals surface area contributed by atoms with Crippen molar-refractivity contribution in [1.29, 1.82) is 0 Å². The first kappa shape index (κ1) is 8.65. The van der Waals surface area contributed by atoms with Gasteiger partial charge in [-0.1, -0.05) is 6.92 Å². The highest BCUT2D eigenvalue weighted by Crippen LogP contribution is 2.23. The smallest absolute Gasteiger partial charge is 0.149 e. The molecule has 64 valence electrons. The van der Waals surface area contributed by atoms with Crippen molar-refractivity contribution in [3.8, 4) is 0 Å². The van der Waals surface area contributed by atoms with Gasteiger partial charge in [0, 0.05) is 19.4 Å². The molecule has 0 radical (unpaired) electrons. The molecule has 0 bridgehead atoms. The minimum Gasteiger partial charge on any atom is -0.304 e. The van der Waals surface area contributed by atoms with Crippen molar-refractivity contribution < 1.29 is 9.18 Å². The van der Waals surface area contributed by atoms with E-state index in [4.69, 9.17) is 0 Å². The quantitative estimate of drug-likeness (QED) is 0.652. The molecule has 0 aromatic heterocycles. The molecule has 0 spiro atoms. The zero-order valence-electron chi connectivity index (χ0n) is 6.98. The number of carbonyl (C=O) groups excluding carboxylic acids is 1. The lowest BCUT2D eigenvalue weighted by atomic mass is 10.0. The topological polar surface area (TPSA) is 29.1 Å². The first-order valence-electron chi connectivity index (χ1n) is 4.00. The lowest BCUT2D eigenvalue weighted by molar-refractivity contribution is -0.120. The summed E-state index contributed by atoms with van der Waals surface area (Å²) in [6.07, 6.45) is 0.827. The number of Topliss-reactive ketones (excluding diaryl/α,β-unsaturated/α-hetero) is 1. The molecule has 1 fully saturated rings. The molecule has 1 aliphatic rings. The number of carbonyl (C=O) groups is 1. The Bertz CT molecular complexity index is 167. The van der Waals surface area contributed by atoms with Gasteiger partial charge >= 0.3 is 0 Å². The third kappa shape index (κ3) is 1.99. The van der Waals surface area contributed by atoms with E-state index in [-0.39, 0.29) is 11.8 Å². The zero-order valence-corrected chi connectivity index (χ0v) is 6.98. The summed E-state index contributed by atoms with van der Waals surface area (Å²) in [4.78, 5) is 11.1. The van der Waals surface area contributed by atoms with Crippen LogP contribution in [-0.2, 0) is 4.79 Å². The lowest BCUT2D eigenvalue weighted by Gasteiger charge is -2.09. The Morgan fingerprint density at radius 1 is 1.82 bits per heavy atom. The van der Waals surface area contributed by atoms with E-state index < -0.39 is 5.67 Å². The Labute approximate surface area is 66.2 Å². The largest absolute Gasteiger partial charge is 0.304 e. The van der Waals surface area contributed by atoms with Crippen LogP contribution in [0.1, 0.15) is 26.7 Å². The van der Waals surface area contributed by atoms with Crippen LogP contribution < -0.4 is 5.32 Å². The molecule has 1 heterocycles. The Kier molecular flexibility index (Phi) is 2.28. The fourth-order valence-electron chi connectivity index (χ4n) is 1.38. The monoisotopic (exact) mass is 159 g/mol. The van der Waals surface area contributed by atoms with Gasteiger partial charge in [-0.3, -0.25) is 4.79 Å². The molecule has 1 N–H and O–H groups in total. The summed E-state index contributed by atoms with van der Waals surface area (Å²) in [5.41, 5.74) is -1.19. The average molecular weight is 159 g/mol. The summed E-state index contributed by atoms with van der Waals surface area (Å²) in [6.45, 7) is 3.64. The van der Waals surface area contributed by atoms with E-state index in [0.29, 0.717) is 19.4 Å². The second kappa shape index (κ2) is 2.89. The average Bonchev–Trinajstić information content (AvgIpc) is 2.29. The summed E-state index contributed by atoms with van der Waals surface area (Å²) < 4.78 is 13.1. The van der Waals surface area contributed by atoms with E-state index in [9.17, 15) is 9.18 Å². The maximum Gasteiger partial charge on any atom is 0.149 e. The number of rotatable bonds is 2. The van der Waals surface area contributed by atoms with Gasteiger partial charge in [-0.15, -0.1) is 0 Å². The van der Waals surface area contributed by atoms with Crippen molar-refractivity contribution in [3.05, 3.63) is 0 Å². The molecule has 0 amide bonds. The van der Waals surface area contributed by atoms with E-state index in [1.54, 1.807) is 6.92 Å². The van der Waals surface area contributed by atoms with Crippen LogP contribution in [0.2, 0.25) is 0 Å². The molecular weight excluding hydrogens is 145 g/mol. The molecule has 1 rings (SSSR count). The highest BCUT2D eigenvalue weighted by Gasteiger charge is 2.37. The summed E-state index contributed by atoms with van der Waals surface area (Å²) in [7, 11) is 0. The summed E-state index contributed by atoms with van der Waals surface area (Å²) in [5.74, 6) is 0.117. The summed E-state index contributed by atoms with van der Waals surface area (Å²) in [6, 6.07) is -0.241. The third-order valence-electron chi connectivity index (χ3n) is 2.08. The Hall–Kier alpha value is -0.440. The number of alkyl halides is 1. The van der Waals surface area contributed by atoms with E-state index in [1.807, 2.05) is 0 Å². The van der Waals surface area contributed by atoms with Crippen molar-refractivity contribution in [2.75, 3.05) is 6.54 Å². The van der Waals surface area contributed by atoms with Gasteiger partial charge in [0.15, 0.2) is 0 Å². The van der Waals surface area contributed by atoms with Gasteiger partial charge < -0.3 is 5.32 Å². The second-order valence-corrected chi connectivity index (χ2v) is 3.37. The van der Waals surface area contributed by atoms with Crippen LogP contribution in [0.4, 0.5) is 4.39 Å². The van der Waals surface area contributed by atoms with Crippen LogP contribution >= 0.6 is 0 Å². The Balaban J connectivity index is 2.48. The molecule has 3 heteroatoms. The van der Waals surface area contributed by atoms with Gasteiger partial charge in [-0.25, -0.2) is 4.39 Å². The van der Waals surface area contributed by atoms with Crippen LogP contribution in [0.15, 0.2) is 0 Å². The number of nitrogens with one attached hydrogen (secondary N) is 1. The van der Waals surface area contributed by atoms with E-state index in [0.717, 1.165) is 0 Å². The van der Waals surface area contributed by atoms with Gasteiger partial charge in [-0.2, -0.15) is 0 Å². The van der Waals surface area contributed by atoms with Gasteiger partial charge in [0.05, 0.1) is 6.04 Å². The van der Waals surface area contributed by atoms with E-state index >= 15 is 0 Å². The van der Waals surface area contributed by atoms with Crippen molar-refractivity contribution in [2.24, 2.45) is 0 Å². The van der Waals surface area contributed by atoms with Crippen molar-refractivity contribution in [3.63, 3.8) is 0 Å². The number of halogens is 1. The molecule has 0 aliphatic carbocycles. The molecule has 2 atom stereocenters. The molecule has 2 unspecified atom stereocenters. The Morgan fingerprint density at radius 3 is 2.82 bits per heavy atom. The zero-order chi connectivity index (χ0) is 8.48. The minimum absolute atomic E-state index is 0.117.